The summed E-state index contributed by atoms with van der Waals surface area (Å²) in [6, 6.07) is 0. The van der Waals surface area contributed by atoms with Crippen LogP contribution in [-0.2, 0) is 0 Å². The van der Waals surface area contributed by atoms with Gasteiger partial charge in [-0.1, -0.05) is 57.6 Å². The van der Waals surface area contributed by atoms with Crippen molar-refractivity contribution in [3.05, 3.63) is 47.6 Å². The second-order valence-corrected chi connectivity index (χ2v) is 11.4. The zero-order valence-corrected chi connectivity index (χ0v) is 20.2. The van der Waals surface area contributed by atoms with Gasteiger partial charge in [0.25, 0.3) is 0 Å². The topological polar surface area (TPSA) is 60.7 Å². The molecule has 0 saturated heterocycles. The Morgan fingerprint density at radius 1 is 1.19 bits per heavy atom. The Labute approximate surface area is 189 Å². The van der Waals surface area contributed by atoms with Crippen molar-refractivity contribution in [2.24, 2.45) is 23.2 Å². The summed E-state index contributed by atoms with van der Waals surface area (Å²) >= 11 is 0. The Hall–Kier alpha value is -1.16. The number of hydrogen-bond donors (Lipinski definition) is 3. The number of rotatable bonds is 6. The molecule has 3 nitrogen and oxygen atoms in total. The number of allylic oxidation sites excluding steroid dienone is 3. The zero-order valence-electron chi connectivity index (χ0n) is 20.2. The van der Waals surface area contributed by atoms with E-state index in [0.29, 0.717) is 34.8 Å². The average Bonchev–Trinajstić information content (AvgIpc) is 3.04. The van der Waals surface area contributed by atoms with E-state index in [-0.39, 0.29) is 0 Å². The van der Waals surface area contributed by atoms with Crippen LogP contribution in [0.5, 0.6) is 0 Å². The summed E-state index contributed by atoms with van der Waals surface area (Å²) in [7, 11) is 0. The summed E-state index contributed by atoms with van der Waals surface area (Å²) in [5.74, 6) is 2.05. The summed E-state index contributed by atoms with van der Waals surface area (Å²) in [6.07, 6.45) is 12.7. The van der Waals surface area contributed by atoms with Crippen molar-refractivity contribution in [1.82, 2.24) is 0 Å². The maximum atomic E-state index is 10.3. The molecule has 31 heavy (non-hydrogen) atoms. The van der Waals surface area contributed by atoms with Gasteiger partial charge in [0.2, 0.25) is 0 Å². The monoisotopic (exact) mass is 428 g/mol. The van der Waals surface area contributed by atoms with Gasteiger partial charge in [-0.2, -0.15) is 0 Å². The predicted molar refractivity (Wildman–Crippen MR) is 129 cm³/mol. The van der Waals surface area contributed by atoms with Crippen molar-refractivity contribution in [2.75, 3.05) is 0 Å². The average molecular weight is 429 g/mol. The summed E-state index contributed by atoms with van der Waals surface area (Å²) in [6.45, 7) is 16.6. The smallest absolute Gasteiger partial charge is 0.102 e. The number of aliphatic hydroxyl groups excluding tert-OH is 2. The second kappa shape index (κ2) is 9.37. The Bertz CT molecular complexity index is 753. The number of fused-ring (bicyclic) bond motifs is 1. The fourth-order valence-electron chi connectivity index (χ4n) is 6.71. The van der Waals surface area contributed by atoms with Crippen LogP contribution in [0.3, 0.4) is 0 Å². The normalized spacial score (nSPS) is 38.0. The van der Waals surface area contributed by atoms with Crippen molar-refractivity contribution < 1.29 is 15.3 Å². The van der Waals surface area contributed by atoms with Gasteiger partial charge in [0.05, 0.1) is 11.7 Å². The van der Waals surface area contributed by atoms with Crippen LogP contribution in [0.4, 0.5) is 0 Å². The molecule has 6 atom stereocenters. The summed E-state index contributed by atoms with van der Waals surface area (Å²) in [4.78, 5) is 0. The highest BCUT2D eigenvalue weighted by Gasteiger charge is 2.50. The molecule has 0 radical (unpaired) electrons. The van der Waals surface area contributed by atoms with Crippen molar-refractivity contribution in [2.45, 2.75) is 103 Å². The molecule has 0 aromatic heterocycles. The van der Waals surface area contributed by atoms with Gasteiger partial charge in [-0.05, 0) is 92.3 Å². The van der Waals surface area contributed by atoms with Gasteiger partial charge in [0.1, 0.15) is 6.10 Å². The van der Waals surface area contributed by atoms with E-state index in [9.17, 15) is 15.3 Å². The molecule has 174 valence electrons. The largest absolute Gasteiger partial charge is 0.390 e. The fourth-order valence-corrected chi connectivity index (χ4v) is 6.71. The standard InChI is InChI=1S/C28H44O3/c1-18(9-7-15-27(4,5)31)23-13-14-24-21(10-8-16-28(23,24)6)11-12-22-17-25(29)20(3)26(30)19(22)2/h11-12,18,23-26,29-31H,2-3,7-10,13-17H2,1,4-6H3/b21-11+,22-12-/t18-,23+,24-,25+,26+,28+/m0/s1. The van der Waals surface area contributed by atoms with E-state index in [4.69, 9.17) is 0 Å². The highest BCUT2D eigenvalue weighted by molar-refractivity contribution is 5.45. The van der Waals surface area contributed by atoms with Crippen LogP contribution in [0.25, 0.3) is 0 Å². The lowest BCUT2D eigenvalue weighted by atomic mass is 9.60. The predicted octanol–water partition coefficient (Wildman–Crippen LogP) is 5.87. The first-order valence-electron chi connectivity index (χ1n) is 12.3. The molecule has 3 saturated carbocycles. The lowest BCUT2D eigenvalue weighted by molar-refractivity contribution is 0.0596. The van der Waals surface area contributed by atoms with Gasteiger partial charge in [-0.3, -0.25) is 0 Å². The molecule has 3 heteroatoms. The van der Waals surface area contributed by atoms with Crippen molar-refractivity contribution in [3.8, 4) is 0 Å². The van der Waals surface area contributed by atoms with Crippen LogP contribution in [0, 0.1) is 23.2 Å². The molecule has 0 bridgehead atoms. The highest BCUT2D eigenvalue weighted by atomic mass is 16.3. The van der Waals surface area contributed by atoms with E-state index >= 15 is 0 Å². The summed E-state index contributed by atoms with van der Waals surface area (Å²) in [5.41, 5.74) is 3.41. The van der Waals surface area contributed by atoms with Gasteiger partial charge in [0.15, 0.2) is 0 Å². The molecule has 0 aliphatic heterocycles. The second-order valence-electron chi connectivity index (χ2n) is 11.4. The molecule has 3 N–H and O–H groups in total. The van der Waals surface area contributed by atoms with Crippen molar-refractivity contribution in [1.29, 1.82) is 0 Å². The van der Waals surface area contributed by atoms with E-state index < -0.39 is 17.8 Å². The maximum Gasteiger partial charge on any atom is 0.102 e. The minimum Gasteiger partial charge on any atom is -0.390 e. The quantitative estimate of drug-likeness (QED) is 0.464. The SMILES string of the molecule is C=C1/C(=C\C=C2/CCC[C@]3(C)[C@@H]([C@@H](C)CCCC(C)(C)O)CC[C@@H]23)C[C@@H](O)C(=C)[C@@H]1O. The van der Waals surface area contributed by atoms with Gasteiger partial charge >= 0.3 is 0 Å². The molecule has 3 aliphatic rings. The third kappa shape index (κ3) is 5.26. The lowest BCUT2D eigenvalue weighted by Gasteiger charge is -2.44. The molecule has 0 aromatic carbocycles. The Morgan fingerprint density at radius 3 is 2.58 bits per heavy atom. The molecule has 0 unspecified atom stereocenters. The van der Waals surface area contributed by atoms with Crippen LogP contribution >= 0.6 is 0 Å². The van der Waals surface area contributed by atoms with Crippen LogP contribution in [0.1, 0.15) is 85.5 Å². The van der Waals surface area contributed by atoms with E-state index in [0.717, 1.165) is 30.8 Å². The molecule has 3 fully saturated rings. The number of aliphatic hydroxyl groups is 3. The van der Waals surface area contributed by atoms with E-state index in [2.05, 4.69) is 39.2 Å². The number of hydrogen-bond acceptors (Lipinski definition) is 3. The molecular formula is C28H44O3. The van der Waals surface area contributed by atoms with Crippen LogP contribution in [-0.4, -0.2) is 33.1 Å². The minimum atomic E-state index is -0.842. The summed E-state index contributed by atoms with van der Waals surface area (Å²) in [5, 5.41) is 30.5. The fraction of sp³-hybridized carbons (Fsp3) is 0.714. The van der Waals surface area contributed by atoms with Gasteiger partial charge in [-0.25, -0.2) is 0 Å². The molecule has 0 spiro atoms. The summed E-state index contributed by atoms with van der Waals surface area (Å²) < 4.78 is 0. The first kappa shape index (κ1) is 24.5. The molecule has 0 heterocycles. The van der Waals surface area contributed by atoms with Crippen LogP contribution in [0.15, 0.2) is 47.6 Å². The Morgan fingerprint density at radius 2 is 1.90 bits per heavy atom. The molecule has 3 rings (SSSR count). The Balaban J connectivity index is 1.72. The van der Waals surface area contributed by atoms with E-state index in [1.54, 1.807) is 0 Å². The van der Waals surface area contributed by atoms with Crippen LogP contribution in [0.2, 0.25) is 0 Å². The third-order valence-electron chi connectivity index (χ3n) is 8.61. The van der Waals surface area contributed by atoms with Crippen LogP contribution < -0.4 is 0 Å². The van der Waals surface area contributed by atoms with Crippen molar-refractivity contribution in [3.63, 3.8) is 0 Å². The van der Waals surface area contributed by atoms with Gasteiger partial charge in [-0.15, -0.1) is 0 Å². The van der Waals surface area contributed by atoms with Crippen molar-refractivity contribution >= 4 is 0 Å². The zero-order chi connectivity index (χ0) is 23.0. The maximum absolute atomic E-state index is 10.3. The minimum absolute atomic E-state index is 0.355. The third-order valence-corrected chi connectivity index (χ3v) is 8.61. The molecular weight excluding hydrogens is 384 g/mol. The molecule has 0 amide bonds. The molecule has 3 aliphatic carbocycles. The van der Waals surface area contributed by atoms with Gasteiger partial charge < -0.3 is 15.3 Å². The highest BCUT2D eigenvalue weighted by Crippen LogP contribution is 2.60. The molecule has 0 aromatic rings. The van der Waals surface area contributed by atoms with Gasteiger partial charge in [0, 0.05) is 6.42 Å². The Kier molecular flexibility index (Phi) is 7.40. The van der Waals surface area contributed by atoms with E-state index in [1.807, 2.05) is 13.8 Å². The lowest BCUT2D eigenvalue weighted by Crippen LogP contribution is -2.36. The van der Waals surface area contributed by atoms with E-state index in [1.165, 1.54) is 37.7 Å². The first-order chi connectivity index (χ1) is 14.4. The first-order valence-corrected chi connectivity index (χ1v) is 12.3.